The van der Waals surface area contributed by atoms with Crippen molar-refractivity contribution in [1.29, 1.82) is 0 Å². The zero-order chi connectivity index (χ0) is 17.0. The molecule has 5 nitrogen and oxygen atoms in total. The van der Waals surface area contributed by atoms with Crippen molar-refractivity contribution in [3.63, 3.8) is 0 Å². The van der Waals surface area contributed by atoms with Crippen molar-refractivity contribution in [2.45, 2.75) is 26.7 Å². The van der Waals surface area contributed by atoms with Crippen molar-refractivity contribution in [3.8, 4) is 0 Å². The number of carbonyl (C=O) groups is 1. The van der Waals surface area contributed by atoms with E-state index in [9.17, 15) is 13.6 Å². The molecule has 124 valence electrons. The molecular formula is C15H18F2N4OS. The van der Waals surface area contributed by atoms with Gasteiger partial charge >= 0.3 is 0 Å². The fourth-order valence-electron chi connectivity index (χ4n) is 1.87. The lowest BCUT2D eigenvalue weighted by atomic mass is 10.2. The highest BCUT2D eigenvalue weighted by atomic mass is 32.1. The summed E-state index contributed by atoms with van der Waals surface area (Å²) >= 11 is 1.20. The predicted molar refractivity (Wildman–Crippen MR) is 86.9 cm³/mol. The van der Waals surface area contributed by atoms with Gasteiger partial charge in [-0.1, -0.05) is 19.9 Å². The second kappa shape index (κ2) is 7.45. The molecule has 0 aliphatic heterocycles. The minimum Gasteiger partial charge on any atom is -0.338 e. The largest absolute Gasteiger partial charge is 0.338 e. The molecule has 0 radical (unpaired) electrons. The van der Waals surface area contributed by atoms with Gasteiger partial charge in [0.25, 0.3) is 0 Å². The summed E-state index contributed by atoms with van der Waals surface area (Å²) in [4.78, 5) is 18.2. The Hall–Kier alpha value is -2.09. The minimum atomic E-state index is -0.806. The molecule has 1 aromatic heterocycles. The first-order chi connectivity index (χ1) is 10.9. The van der Waals surface area contributed by atoms with Crippen LogP contribution in [0.2, 0.25) is 0 Å². The van der Waals surface area contributed by atoms with E-state index in [-0.39, 0.29) is 12.5 Å². The van der Waals surface area contributed by atoms with Gasteiger partial charge in [-0.3, -0.25) is 4.79 Å². The van der Waals surface area contributed by atoms with Gasteiger partial charge in [0.2, 0.25) is 11.0 Å². The third kappa shape index (κ3) is 4.22. The molecule has 0 bridgehead atoms. The number of hydrogen-bond donors (Lipinski definition) is 1. The number of benzene rings is 1. The molecule has 1 heterocycles. The van der Waals surface area contributed by atoms with Crippen LogP contribution in [0.4, 0.5) is 19.6 Å². The maximum Gasteiger partial charge on any atom is 0.244 e. The Balaban J connectivity index is 2.07. The Morgan fingerprint density at radius 2 is 2.00 bits per heavy atom. The smallest absolute Gasteiger partial charge is 0.244 e. The van der Waals surface area contributed by atoms with Crippen LogP contribution >= 0.6 is 11.5 Å². The molecular weight excluding hydrogens is 322 g/mol. The van der Waals surface area contributed by atoms with Gasteiger partial charge in [0, 0.05) is 24.0 Å². The summed E-state index contributed by atoms with van der Waals surface area (Å²) < 4.78 is 31.4. The van der Waals surface area contributed by atoms with Crippen LogP contribution in [0.1, 0.15) is 32.5 Å². The lowest BCUT2D eigenvalue weighted by Crippen LogP contribution is -2.33. The van der Waals surface area contributed by atoms with Gasteiger partial charge in [0.05, 0.1) is 6.54 Å². The average Bonchev–Trinajstić information content (AvgIpc) is 2.98. The number of anilines is 2. The zero-order valence-corrected chi connectivity index (χ0v) is 14.0. The summed E-state index contributed by atoms with van der Waals surface area (Å²) in [6.45, 7) is 6.30. The topological polar surface area (TPSA) is 58.1 Å². The molecule has 0 saturated heterocycles. The van der Waals surface area contributed by atoms with E-state index < -0.39 is 23.2 Å². The molecule has 1 amide bonds. The molecule has 8 heteroatoms. The van der Waals surface area contributed by atoms with E-state index in [0.29, 0.717) is 17.5 Å². The molecule has 0 unspecified atom stereocenters. The summed E-state index contributed by atoms with van der Waals surface area (Å²) in [6, 6.07) is 3.43. The fraction of sp³-hybridized carbons (Fsp3) is 0.400. The molecule has 0 aliphatic carbocycles. The van der Waals surface area contributed by atoms with E-state index in [1.807, 2.05) is 20.8 Å². The van der Waals surface area contributed by atoms with Crippen molar-refractivity contribution < 1.29 is 13.6 Å². The molecule has 0 saturated carbocycles. The quantitative estimate of drug-likeness (QED) is 0.875. The third-order valence-corrected chi connectivity index (χ3v) is 3.95. The molecule has 2 rings (SSSR count). The Bertz CT molecular complexity index is 670. The summed E-state index contributed by atoms with van der Waals surface area (Å²) in [5, 5.41) is 2.88. The van der Waals surface area contributed by atoms with Gasteiger partial charge in [0.1, 0.15) is 23.1 Å². The summed E-state index contributed by atoms with van der Waals surface area (Å²) in [7, 11) is 0. The van der Waals surface area contributed by atoms with Gasteiger partial charge in [-0.2, -0.15) is 4.37 Å². The van der Waals surface area contributed by atoms with Crippen LogP contribution in [-0.4, -0.2) is 28.4 Å². The minimum absolute atomic E-state index is 0.0585. The highest BCUT2D eigenvalue weighted by Gasteiger charge is 2.18. The SMILES string of the molecule is CCN(CC(=O)Nc1c(F)cccc1F)c1nc(C(C)C)ns1. The van der Waals surface area contributed by atoms with Crippen LogP contribution in [0.3, 0.4) is 0 Å². The monoisotopic (exact) mass is 340 g/mol. The Kier molecular flexibility index (Phi) is 5.59. The third-order valence-electron chi connectivity index (χ3n) is 3.16. The van der Waals surface area contributed by atoms with Crippen LogP contribution in [0, 0.1) is 11.6 Å². The summed E-state index contributed by atoms with van der Waals surface area (Å²) in [5.41, 5.74) is -0.436. The van der Waals surface area contributed by atoms with Crippen molar-refractivity contribution >= 4 is 28.3 Å². The maximum atomic E-state index is 13.6. The summed E-state index contributed by atoms with van der Waals surface area (Å²) in [6.07, 6.45) is 0. The Morgan fingerprint density at radius 3 is 2.52 bits per heavy atom. The fourth-order valence-corrected chi connectivity index (χ4v) is 2.74. The van der Waals surface area contributed by atoms with Crippen molar-refractivity contribution in [3.05, 3.63) is 35.7 Å². The molecule has 1 N–H and O–H groups in total. The molecule has 0 aliphatic rings. The number of hydrogen-bond acceptors (Lipinski definition) is 5. The number of amides is 1. The van der Waals surface area contributed by atoms with E-state index in [2.05, 4.69) is 14.7 Å². The van der Waals surface area contributed by atoms with E-state index in [4.69, 9.17) is 0 Å². The van der Waals surface area contributed by atoms with Crippen LogP contribution < -0.4 is 10.2 Å². The van der Waals surface area contributed by atoms with Crippen molar-refractivity contribution in [2.24, 2.45) is 0 Å². The lowest BCUT2D eigenvalue weighted by molar-refractivity contribution is -0.115. The van der Waals surface area contributed by atoms with Gasteiger partial charge in [-0.25, -0.2) is 13.8 Å². The Labute approximate surface area is 137 Å². The van der Waals surface area contributed by atoms with E-state index in [1.54, 1.807) is 4.90 Å². The normalized spacial score (nSPS) is 10.9. The van der Waals surface area contributed by atoms with Crippen molar-refractivity contribution in [2.75, 3.05) is 23.3 Å². The first-order valence-electron chi connectivity index (χ1n) is 7.24. The van der Waals surface area contributed by atoms with Gasteiger partial charge in [-0.05, 0) is 19.1 Å². The van der Waals surface area contributed by atoms with Crippen molar-refractivity contribution in [1.82, 2.24) is 9.36 Å². The first-order valence-corrected chi connectivity index (χ1v) is 8.02. The number of nitrogens with zero attached hydrogens (tertiary/aromatic N) is 3. The number of halogens is 2. The number of rotatable bonds is 6. The predicted octanol–water partition coefficient (Wildman–Crippen LogP) is 3.40. The van der Waals surface area contributed by atoms with Crippen LogP contribution in [0.25, 0.3) is 0 Å². The van der Waals surface area contributed by atoms with E-state index >= 15 is 0 Å². The van der Waals surface area contributed by atoms with E-state index in [0.717, 1.165) is 12.1 Å². The molecule has 0 fully saturated rings. The molecule has 0 atom stereocenters. The van der Waals surface area contributed by atoms with Gasteiger partial charge < -0.3 is 10.2 Å². The Morgan fingerprint density at radius 1 is 1.35 bits per heavy atom. The zero-order valence-electron chi connectivity index (χ0n) is 13.1. The summed E-state index contributed by atoms with van der Waals surface area (Å²) in [5.74, 6) is -1.22. The second-order valence-electron chi connectivity index (χ2n) is 5.25. The van der Waals surface area contributed by atoms with E-state index in [1.165, 1.54) is 17.6 Å². The van der Waals surface area contributed by atoms with Gasteiger partial charge in [-0.15, -0.1) is 0 Å². The van der Waals surface area contributed by atoms with Gasteiger partial charge in [0.15, 0.2) is 0 Å². The number of likely N-dealkylation sites (N-methyl/N-ethyl adjacent to an activating group) is 1. The number of nitrogens with one attached hydrogen (secondary N) is 1. The lowest BCUT2D eigenvalue weighted by Gasteiger charge is -2.18. The number of carbonyl (C=O) groups excluding carboxylic acids is 1. The number of para-hydroxylation sites is 1. The average molecular weight is 340 g/mol. The second-order valence-corrected chi connectivity index (χ2v) is 5.98. The first kappa shape index (κ1) is 17.3. The highest BCUT2D eigenvalue weighted by molar-refractivity contribution is 7.09. The molecule has 0 spiro atoms. The maximum absolute atomic E-state index is 13.6. The van der Waals surface area contributed by atoms with Crippen LogP contribution in [-0.2, 0) is 4.79 Å². The highest BCUT2D eigenvalue weighted by Crippen LogP contribution is 2.22. The van der Waals surface area contributed by atoms with Crippen LogP contribution in [0.5, 0.6) is 0 Å². The molecule has 23 heavy (non-hydrogen) atoms. The standard InChI is InChI=1S/C15H18F2N4OS/c1-4-21(15-19-14(9(2)3)20-23-15)8-12(22)18-13-10(16)6-5-7-11(13)17/h5-7,9H,4,8H2,1-3H3,(H,18,22). The number of aromatic nitrogens is 2. The van der Waals surface area contributed by atoms with Crippen LogP contribution in [0.15, 0.2) is 18.2 Å². The molecule has 1 aromatic carbocycles. The molecule has 2 aromatic rings.